The molecule has 0 bridgehead atoms. The number of aryl methyl sites for hydroxylation is 1. The summed E-state index contributed by atoms with van der Waals surface area (Å²) in [5.41, 5.74) is 4.91. The van der Waals surface area contributed by atoms with Gasteiger partial charge in [-0.3, -0.25) is 20.4 Å². The van der Waals surface area contributed by atoms with E-state index in [2.05, 4.69) is 16.0 Å². The number of carbonyl (C=O) groups is 2. The molecule has 3 aromatic rings. The maximum atomic E-state index is 11.8. The van der Waals surface area contributed by atoms with E-state index < -0.39 is 17.6 Å². The first-order chi connectivity index (χ1) is 14.0. The molecule has 10 nitrogen and oxygen atoms in total. The van der Waals surface area contributed by atoms with Crippen molar-refractivity contribution in [2.24, 2.45) is 0 Å². The molecule has 2 amide bonds. The van der Waals surface area contributed by atoms with E-state index >= 15 is 0 Å². The van der Waals surface area contributed by atoms with Crippen LogP contribution in [0, 0.1) is 11.3 Å². The summed E-state index contributed by atoms with van der Waals surface area (Å²) in [6, 6.07) is 11.8. The lowest BCUT2D eigenvalue weighted by atomic mass is 10.2. The standard InChI is InChI=1S/C18H15N5O5S/c19-10-12-3-5-13(6-4-12)27-11-16(25)21-20-15(24)7-8-23-18(26)28-17(22-23)14-2-1-9-29-14/h1-6,9H,7-8,11H2,(H,20,24)(H,21,25). The molecule has 0 aliphatic rings. The van der Waals surface area contributed by atoms with Gasteiger partial charge in [0.25, 0.3) is 11.8 Å². The van der Waals surface area contributed by atoms with Crippen molar-refractivity contribution < 1.29 is 18.7 Å². The molecule has 0 aliphatic heterocycles. The van der Waals surface area contributed by atoms with Crippen LogP contribution >= 0.6 is 11.3 Å². The van der Waals surface area contributed by atoms with Crippen LogP contribution in [0.4, 0.5) is 0 Å². The number of benzene rings is 1. The average Bonchev–Trinajstić information content (AvgIpc) is 3.39. The van der Waals surface area contributed by atoms with Crippen LogP contribution in [0.25, 0.3) is 10.8 Å². The van der Waals surface area contributed by atoms with E-state index in [1.54, 1.807) is 36.4 Å². The third-order valence-corrected chi connectivity index (χ3v) is 4.44. The SMILES string of the molecule is N#Cc1ccc(OCC(=O)NNC(=O)CCn2nc(-c3cccs3)oc2=O)cc1. The highest BCUT2D eigenvalue weighted by Crippen LogP contribution is 2.21. The average molecular weight is 413 g/mol. The van der Waals surface area contributed by atoms with Gasteiger partial charge in [-0.1, -0.05) is 6.07 Å². The normalized spacial score (nSPS) is 10.2. The molecular formula is C18H15N5O5S. The van der Waals surface area contributed by atoms with E-state index in [0.29, 0.717) is 16.2 Å². The van der Waals surface area contributed by atoms with Gasteiger partial charge in [0.15, 0.2) is 6.61 Å². The van der Waals surface area contributed by atoms with E-state index in [0.717, 1.165) is 4.68 Å². The van der Waals surface area contributed by atoms with Crippen molar-refractivity contribution in [1.29, 1.82) is 5.26 Å². The Bertz CT molecular complexity index is 1080. The zero-order valence-electron chi connectivity index (χ0n) is 15.0. The van der Waals surface area contributed by atoms with Crippen molar-refractivity contribution in [1.82, 2.24) is 20.6 Å². The fraction of sp³-hybridized carbons (Fsp3) is 0.167. The first-order valence-electron chi connectivity index (χ1n) is 8.37. The van der Waals surface area contributed by atoms with Gasteiger partial charge in [0.1, 0.15) is 5.75 Å². The number of nitriles is 1. The summed E-state index contributed by atoms with van der Waals surface area (Å²) in [5.74, 6) is -1.14. The minimum Gasteiger partial charge on any atom is -0.484 e. The van der Waals surface area contributed by atoms with E-state index in [1.807, 2.05) is 11.4 Å². The van der Waals surface area contributed by atoms with E-state index in [9.17, 15) is 14.4 Å². The summed E-state index contributed by atoms with van der Waals surface area (Å²) in [5, 5.41) is 14.6. The van der Waals surface area contributed by atoms with Crippen molar-refractivity contribution in [3.8, 4) is 22.6 Å². The van der Waals surface area contributed by atoms with Crippen LogP contribution in [0.2, 0.25) is 0 Å². The molecule has 0 aliphatic carbocycles. The molecule has 0 saturated heterocycles. The van der Waals surface area contributed by atoms with Gasteiger partial charge in [-0.25, -0.2) is 4.79 Å². The van der Waals surface area contributed by atoms with Gasteiger partial charge < -0.3 is 9.15 Å². The number of thiophene rings is 1. The Morgan fingerprint density at radius 3 is 2.66 bits per heavy atom. The molecule has 2 N–H and O–H groups in total. The molecule has 1 aromatic carbocycles. The maximum absolute atomic E-state index is 11.8. The first-order valence-corrected chi connectivity index (χ1v) is 9.25. The molecule has 0 unspecified atom stereocenters. The number of hydrazine groups is 1. The summed E-state index contributed by atoms with van der Waals surface area (Å²) in [4.78, 5) is 36.1. The molecule has 0 atom stereocenters. The zero-order valence-corrected chi connectivity index (χ0v) is 15.8. The van der Waals surface area contributed by atoms with Crippen LogP contribution < -0.4 is 21.3 Å². The van der Waals surface area contributed by atoms with E-state index in [-0.39, 0.29) is 25.5 Å². The second kappa shape index (κ2) is 9.34. The summed E-state index contributed by atoms with van der Waals surface area (Å²) >= 11 is 1.38. The molecule has 0 radical (unpaired) electrons. The Hall–Kier alpha value is -3.91. The highest BCUT2D eigenvalue weighted by Gasteiger charge is 2.12. The van der Waals surface area contributed by atoms with Crippen molar-refractivity contribution in [2.75, 3.05) is 6.61 Å². The Morgan fingerprint density at radius 2 is 1.97 bits per heavy atom. The molecule has 2 aromatic heterocycles. The van der Waals surface area contributed by atoms with Gasteiger partial charge in [-0.05, 0) is 35.7 Å². The number of nitrogens with one attached hydrogen (secondary N) is 2. The van der Waals surface area contributed by atoms with Crippen LogP contribution in [0.3, 0.4) is 0 Å². The number of hydrogen-bond acceptors (Lipinski definition) is 8. The lowest BCUT2D eigenvalue weighted by Gasteiger charge is -2.08. The number of aromatic nitrogens is 2. The minimum absolute atomic E-state index is 0.00282. The molecule has 3 rings (SSSR count). The molecular weight excluding hydrogens is 398 g/mol. The number of rotatable bonds is 7. The van der Waals surface area contributed by atoms with Crippen molar-refractivity contribution >= 4 is 23.2 Å². The van der Waals surface area contributed by atoms with Crippen molar-refractivity contribution in [3.63, 3.8) is 0 Å². The smallest absolute Gasteiger partial charge is 0.437 e. The second-order valence-corrected chi connectivity index (χ2v) is 6.59. The Labute approximate surface area is 168 Å². The third kappa shape index (κ3) is 5.53. The quantitative estimate of drug-likeness (QED) is 0.552. The predicted molar refractivity (Wildman–Crippen MR) is 102 cm³/mol. The topological polar surface area (TPSA) is 139 Å². The predicted octanol–water partition coefficient (Wildman–Crippen LogP) is 1.05. The maximum Gasteiger partial charge on any atom is 0.437 e. The Kier molecular flexibility index (Phi) is 6.39. The Balaban J connectivity index is 1.40. The van der Waals surface area contributed by atoms with Crippen LogP contribution in [-0.2, 0) is 16.1 Å². The van der Waals surface area contributed by atoms with Crippen LogP contribution in [0.5, 0.6) is 5.75 Å². The first kappa shape index (κ1) is 19.8. The lowest BCUT2D eigenvalue weighted by molar-refractivity contribution is -0.130. The van der Waals surface area contributed by atoms with Gasteiger partial charge in [0, 0.05) is 6.42 Å². The van der Waals surface area contributed by atoms with Crippen LogP contribution in [0.1, 0.15) is 12.0 Å². The van der Waals surface area contributed by atoms with Gasteiger partial charge >= 0.3 is 5.76 Å². The molecule has 0 fully saturated rings. The van der Waals surface area contributed by atoms with Gasteiger partial charge in [0.2, 0.25) is 5.91 Å². The van der Waals surface area contributed by atoms with Gasteiger partial charge in [0.05, 0.1) is 23.1 Å². The molecule has 0 spiro atoms. The monoisotopic (exact) mass is 413 g/mol. The second-order valence-electron chi connectivity index (χ2n) is 5.64. The van der Waals surface area contributed by atoms with Crippen LogP contribution in [-0.4, -0.2) is 28.2 Å². The van der Waals surface area contributed by atoms with Crippen LogP contribution in [0.15, 0.2) is 51.0 Å². The number of hydrogen-bond donors (Lipinski definition) is 2. The van der Waals surface area contributed by atoms with Gasteiger partial charge in [-0.15, -0.1) is 16.4 Å². The Morgan fingerprint density at radius 1 is 1.21 bits per heavy atom. The fourth-order valence-electron chi connectivity index (χ4n) is 2.17. The fourth-order valence-corrected chi connectivity index (χ4v) is 2.81. The van der Waals surface area contributed by atoms with E-state index in [1.165, 1.54) is 11.3 Å². The molecule has 148 valence electrons. The van der Waals surface area contributed by atoms with E-state index in [4.69, 9.17) is 14.4 Å². The largest absolute Gasteiger partial charge is 0.484 e. The summed E-state index contributed by atoms with van der Waals surface area (Å²) in [6.07, 6.45) is -0.0902. The van der Waals surface area contributed by atoms with Crippen molar-refractivity contribution in [3.05, 3.63) is 57.9 Å². The highest BCUT2D eigenvalue weighted by atomic mass is 32.1. The molecule has 0 saturated carbocycles. The highest BCUT2D eigenvalue weighted by molar-refractivity contribution is 7.13. The number of carbonyl (C=O) groups excluding carboxylic acids is 2. The number of ether oxygens (including phenoxy) is 1. The lowest BCUT2D eigenvalue weighted by Crippen LogP contribution is -2.44. The summed E-state index contributed by atoms with van der Waals surface area (Å²) < 4.78 is 11.3. The third-order valence-electron chi connectivity index (χ3n) is 3.58. The number of nitrogens with zero attached hydrogens (tertiary/aromatic N) is 3. The number of amides is 2. The molecule has 29 heavy (non-hydrogen) atoms. The van der Waals surface area contributed by atoms with Crippen molar-refractivity contribution in [2.45, 2.75) is 13.0 Å². The minimum atomic E-state index is -0.666. The summed E-state index contributed by atoms with van der Waals surface area (Å²) in [7, 11) is 0. The zero-order chi connectivity index (χ0) is 20.6. The summed E-state index contributed by atoms with van der Waals surface area (Å²) in [6.45, 7) is -0.323. The van der Waals surface area contributed by atoms with Gasteiger partial charge in [-0.2, -0.15) is 9.94 Å². The molecule has 2 heterocycles. The molecule has 11 heteroatoms.